The highest BCUT2D eigenvalue weighted by atomic mass is 14.8. The number of rotatable bonds is 3. The third-order valence-electron chi connectivity index (χ3n) is 1.18. The molecular formula is C7H14N2. The molecule has 0 heterocycles. The first-order valence-electron chi connectivity index (χ1n) is 3.14. The van der Waals surface area contributed by atoms with E-state index in [4.69, 9.17) is 5.41 Å². The molecule has 0 unspecified atom stereocenters. The van der Waals surface area contributed by atoms with E-state index in [9.17, 15) is 0 Å². The molecule has 52 valence electrons. The van der Waals surface area contributed by atoms with Crippen molar-refractivity contribution in [3.63, 3.8) is 0 Å². The van der Waals surface area contributed by atoms with Crippen molar-refractivity contribution in [2.24, 2.45) is 0 Å². The summed E-state index contributed by atoms with van der Waals surface area (Å²) in [5.74, 6) is 0. The van der Waals surface area contributed by atoms with Gasteiger partial charge in [0.15, 0.2) is 0 Å². The predicted octanol–water partition coefficient (Wildman–Crippen LogP) is 1.54. The van der Waals surface area contributed by atoms with Gasteiger partial charge in [0.25, 0.3) is 0 Å². The number of hydrogen-bond acceptors (Lipinski definition) is 2. The highest BCUT2D eigenvalue weighted by Gasteiger charge is 1.92. The number of allylic oxidation sites excluding steroid dienone is 1. The van der Waals surface area contributed by atoms with Crippen LogP contribution in [0.1, 0.15) is 20.3 Å². The lowest BCUT2D eigenvalue weighted by molar-refractivity contribution is 1.04. The highest BCUT2D eigenvalue weighted by Crippen LogP contribution is 1.98. The van der Waals surface area contributed by atoms with Crippen LogP contribution in [0, 0.1) is 5.41 Å². The minimum absolute atomic E-state index is 0.645. The van der Waals surface area contributed by atoms with Crippen molar-refractivity contribution in [1.29, 1.82) is 5.41 Å². The van der Waals surface area contributed by atoms with Crippen LogP contribution < -0.4 is 5.32 Å². The molecule has 0 aromatic carbocycles. The summed E-state index contributed by atoms with van der Waals surface area (Å²) >= 11 is 0. The van der Waals surface area contributed by atoms with E-state index >= 15 is 0 Å². The Hall–Kier alpha value is -0.790. The molecule has 0 atom stereocenters. The van der Waals surface area contributed by atoms with Gasteiger partial charge >= 0.3 is 0 Å². The summed E-state index contributed by atoms with van der Waals surface area (Å²) in [5.41, 5.74) is 1.71. The molecule has 2 heteroatoms. The van der Waals surface area contributed by atoms with Gasteiger partial charge in [-0.2, -0.15) is 0 Å². The molecule has 0 spiro atoms. The van der Waals surface area contributed by atoms with Crippen LogP contribution >= 0.6 is 0 Å². The zero-order chi connectivity index (χ0) is 7.28. The Labute approximate surface area is 56.5 Å². The zero-order valence-electron chi connectivity index (χ0n) is 6.28. The van der Waals surface area contributed by atoms with Crippen molar-refractivity contribution in [2.45, 2.75) is 20.3 Å². The Morgan fingerprint density at radius 2 is 2.22 bits per heavy atom. The first-order chi connectivity index (χ1) is 4.22. The van der Waals surface area contributed by atoms with Crippen molar-refractivity contribution in [3.05, 3.63) is 11.8 Å². The minimum Gasteiger partial charge on any atom is -0.394 e. The van der Waals surface area contributed by atoms with E-state index in [1.165, 1.54) is 0 Å². The normalized spacial score (nSPS) is 11.2. The summed E-state index contributed by atoms with van der Waals surface area (Å²) in [6, 6.07) is 0. The van der Waals surface area contributed by atoms with Gasteiger partial charge in [-0.05, 0) is 18.9 Å². The van der Waals surface area contributed by atoms with Gasteiger partial charge in [-0.15, -0.1) is 0 Å². The summed E-state index contributed by atoms with van der Waals surface area (Å²) in [6.07, 6.45) is 2.79. The average molecular weight is 126 g/mol. The molecule has 0 radical (unpaired) electrons. The van der Waals surface area contributed by atoms with Gasteiger partial charge in [0.1, 0.15) is 0 Å². The average Bonchev–Trinajstić information content (AvgIpc) is 1.82. The molecule has 0 aliphatic heterocycles. The van der Waals surface area contributed by atoms with Crippen molar-refractivity contribution in [3.8, 4) is 0 Å². The molecule has 0 rings (SSSR count). The molecular weight excluding hydrogens is 112 g/mol. The van der Waals surface area contributed by atoms with Gasteiger partial charge in [-0.3, -0.25) is 0 Å². The topological polar surface area (TPSA) is 35.9 Å². The fourth-order valence-electron chi connectivity index (χ4n) is 0.650. The fourth-order valence-corrected chi connectivity index (χ4v) is 0.650. The maximum Gasteiger partial charge on any atom is 0.0329 e. The van der Waals surface area contributed by atoms with Crippen LogP contribution in [0.2, 0.25) is 0 Å². The van der Waals surface area contributed by atoms with Gasteiger partial charge < -0.3 is 10.7 Å². The Balaban J connectivity index is 3.98. The molecule has 0 aliphatic carbocycles. The lowest BCUT2D eigenvalue weighted by Gasteiger charge is -1.99. The molecule has 0 aliphatic rings. The molecule has 0 saturated carbocycles. The van der Waals surface area contributed by atoms with Crippen molar-refractivity contribution < 1.29 is 0 Å². The highest BCUT2D eigenvalue weighted by molar-refractivity contribution is 5.95. The lowest BCUT2D eigenvalue weighted by Crippen LogP contribution is -2.01. The Bertz CT molecular complexity index is 125. The summed E-state index contributed by atoms with van der Waals surface area (Å²) in [5, 5.41) is 10.1. The first-order valence-corrected chi connectivity index (χ1v) is 3.14. The summed E-state index contributed by atoms with van der Waals surface area (Å²) in [4.78, 5) is 0. The largest absolute Gasteiger partial charge is 0.394 e. The van der Waals surface area contributed by atoms with E-state index in [0.717, 1.165) is 12.0 Å². The van der Waals surface area contributed by atoms with Gasteiger partial charge in [-0.1, -0.05) is 6.92 Å². The van der Waals surface area contributed by atoms with E-state index in [1.807, 2.05) is 20.2 Å². The summed E-state index contributed by atoms with van der Waals surface area (Å²) in [7, 11) is 1.85. The van der Waals surface area contributed by atoms with E-state index in [1.54, 1.807) is 6.92 Å². The van der Waals surface area contributed by atoms with Crippen LogP contribution in [-0.4, -0.2) is 12.8 Å². The first kappa shape index (κ1) is 8.21. The standard InChI is InChI=1S/C7H14N2/c1-4-7(5-9-3)6(2)8/h5,8-9H,4H2,1-3H3/b7-5-,8-6?. The van der Waals surface area contributed by atoms with Gasteiger partial charge in [-0.25, -0.2) is 0 Å². The van der Waals surface area contributed by atoms with Crippen LogP contribution in [0.3, 0.4) is 0 Å². The van der Waals surface area contributed by atoms with Crippen LogP contribution in [0.15, 0.2) is 11.8 Å². The smallest absolute Gasteiger partial charge is 0.0329 e. The lowest BCUT2D eigenvalue weighted by atomic mass is 10.1. The van der Waals surface area contributed by atoms with Crippen LogP contribution in [0.25, 0.3) is 0 Å². The monoisotopic (exact) mass is 126 g/mol. The third kappa shape index (κ3) is 2.90. The Kier molecular flexibility index (Phi) is 3.76. The predicted molar refractivity (Wildman–Crippen MR) is 40.8 cm³/mol. The van der Waals surface area contributed by atoms with Crippen LogP contribution in [0.5, 0.6) is 0 Å². The SMILES string of the molecule is CC/C(=C/NC)C(C)=N. The summed E-state index contributed by atoms with van der Waals surface area (Å²) < 4.78 is 0. The molecule has 0 fully saturated rings. The van der Waals surface area contributed by atoms with Crippen molar-refractivity contribution in [2.75, 3.05) is 7.05 Å². The van der Waals surface area contributed by atoms with Gasteiger partial charge in [0.2, 0.25) is 0 Å². The van der Waals surface area contributed by atoms with Crippen LogP contribution in [-0.2, 0) is 0 Å². The van der Waals surface area contributed by atoms with Gasteiger partial charge in [0.05, 0.1) is 0 Å². The van der Waals surface area contributed by atoms with E-state index < -0.39 is 0 Å². The molecule has 0 amide bonds. The molecule has 0 bridgehead atoms. The molecule has 0 aromatic heterocycles. The minimum atomic E-state index is 0.645. The Morgan fingerprint density at radius 3 is 2.33 bits per heavy atom. The maximum absolute atomic E-state index is 7.25. The molecule has 2 N–H and O–H groups in total. The van der Waals surface area contributed by atoms with Crippen molar-refractivity contribution in [1.82, 2.24) is 5.32 Å². The molecule has 0 saturated heterocycles. The van der Waals surface area contributed by atoms with Crippen molar-refractivity contribution >= 4 is 5.71 Å². The number of nitrogens with one attached hydrogen (secondary N) is 2. The van der Waals surface area contributed by atoms with E-state index in [-0.39, 0.29) is 0 Å². The molecule has 2 nitrogen and oxygen atoms in total. The second-order valence-electron chi connectivity index (χ2n) is 1.94. The van der Waals surface area contributed by atoms with Gasteiger partial charge in [0, 0.05) is 19.0 Å². The van der Waals surface area contributed by atoms with Crippen LogP contribution in [0.4, 0.5) is 0 Å². The molecule has 0 aromatic rings. The second kappa shape index (κ2) is 4.13. The fraction of sp³-hybridized carbons (Fsp3) is 0.571. The van der Waals surface area contributed by atoms with E-state index in [2.05, 4.69) is 5.32 Å². The van der Waals surface area contributed by atoms with E-state index in [0.29, 0.717) is 5.71 Å². The third-order valence-corrected chi connectivity index (χ3v) is 1.18. The zero-order valence-corrected chi connectivity index (χ0v) is 6.28. The molecule has 9 heavy (non-hydrogen) atoms. The number of hydrogen-bond donors (Lipinski definition) is 2. The summed E-state index contributed by atoms with van der Waals surface area (Å²) in [6.45, 7) is 3.84. The maximum atomic E-state index is 7.25. The Morgan fingerprint density at radius 1 is 1.67 bits per heavy atom. The quantitative estimate of drug-likeness (QED) is 0.553. The second-order valence-corrected chi connectivity index (χ2v) is 1.94.